The quantitative estimate of drug-likeness (QED) is 0.700. The molecule has 1 aliphatic rings. The molecule has 2 aromatic heterocycles. The van der Waals surface area contributed by atoms with E-state index >= 15 is 0 Å². The second-order valence-electron chi connectivity index (χ2n) is 6.86. The van der Waals surface area contributed by atoms with Gasteiger partial charge in [-0.05, 0) is 64.2 Å². The Labute approximate surface area is 145 Å². The maximum Gasteiger partial charge on any atom is 0.261 e. The summed E-state index contributed by atoms with van der Waals surface area (Å²) in [5.41, 5.74) is 4.12. The summed E-state index contributed by atoms with van der Waals surface area (Å²) in [5.74, 6) is 0. The maximum absolute atomic E-state index is 12.8. The molecule has 0 radical (unpaired) electrons. The fourth-order valence-corrected chi connectivity index (χ4v) is 4.56. The van der Waals surface area contributed by atoms with E-state index in [1.807, 2.05) is 26.8 Å². The number of hydrogen-bond donors (Lipinski definition) is 0. The van der Waals surface area contributed by atoms with Crippen LogP contribution in [0.2, 0.25) is 0 Å². The molecule has 5 heteroatoms. The monoisotopic (exact) mass is 339 g/mol. The number of thiazole rings is 1. The third-order valence-corrected chi connectivity index (χ3v) is 5.85. The zero-order valence-corrected chi connectivity index (χ0v) is 15.1. The minimum absolute atomic E-state index is 0.0290. The molecule has 0 N–H and O–H groups in total. The average Bonchev–Trinajstić information content (AvgIpc) is 2.98. The van der Waals surface area contributed by atoms with Gasteiger partial charge < -0.3 is 0 Å². The van der Waals surface area contributed by atoms with Gasteiger partial charge in [-0.25, -0.2) is 9.97 Å². The summed E-state index contributed by atoms with van der Waals surface area (Å²) in [5, 5.41) is 1.69. The number of aryl methyl sites for hydroxylation is 3. The molecule has 0 bridgehead atoms. The van der Waals surface area contributed by atoms with Gasteiger partial charge in [-0.1, -0.05) is 0 Å². The topological polar surface area (TPSA) is 47.8 Å². The minimum Gasteiger partial charge on any atom is -0.296 e. The number of nitrogens with zero attached hydrogens (tertiary/aromatic N) is 3. The van der Waals surface area contributed by atoms with E-state index in [1.54, 1.807) is 22.2 Å². The Balaban J connectivity index is 1.97. The van der Waals surface area contributed by atoms with Gasteiger partial charge in [-0.15, -0.1) is 11.3 Å². The Morgan fingerprint density at radius 3 is 2.75 bits per heavy atom. The molecule has 1 aliphatic carbocycles. The van der Waals surface area contributed by atoms with Crippen LogP contribution in [0.3, 0.4) is 0 Å². The lowest BCUT2D eigenvalue weighted by Gasteiger charge is -2.11. The predicted octanol–water partition coefficient (Wildman–Crippen LogP) is 4.29. The van der Waals surface area contributed by atoms with Gasteiger partial charge in [0.1, 0.15) is 5.01 Å². The lowest BCUT2D eigenvalue weighted by atomic mass is 10.0. The SMILES string of the molecule is Cc1cc(-c2nc3c(s2)CCCC3)c2ncn(C(C)C)c(=O)c2c1. The molecule has 24 heavy (non-hydrogen) atoms. The number of hydrogen-bond acceptors (Lipinski definition) is 4. The van der Waals surface area contributed by atoms with Crippen molar-refractivity contribution in [3.8, 4) is 10.6 Å². The van der Waals surface area contributed by atoms with Gasteiger partial charge in [0.25, 0.3) is 5.56 Å². The van der Waals surface area contributed by atoms with E-state index in [-0.39, 0.29) is 11.6 Å². The van der Waals surface area contributed by atoms with E-state index in [0.29, 0.717) is 5.39 Å². The lowest BCUT2D eigenvalue weighted by molar-refractivity contribution is 0.573. The first-order chi connectivity index (χ1) is 11.5. The number of fused-ring (bicyclic) bond motifs is 2. The van der Waals surface area contributed by atoms with Crippen LogP contribution in [0.4, 0.5) is 0 Å². The van der Waals surface area contributed by atoms with E-state index in [4.69, 9.17) is 4.98 Å². The number of rotatable bonds is 2. The molecule has 0 fully saturated rings. The molecule has 0 saturated carbocycles. The van der Waals surface area contributed by atoms with Gasteiger partial charge in [0, 0.05) is 16.5 Å². The Kier molecular flexibility index (Phi) is 3.76. The van der Waals surface area contributed by atoms with E-state index in [2.05, 4.69) is 11.1 Å². The van der Waals surface area contributed by atoms with Crippen molar-refractivity contribution in [2.45, 2.75) is 52.5 Å². The second-order valence-corrected chi connectivity index (χ2v) is 7.94. The summed E-state index contributed by atoms with van der Waals surface area (Å²) < 4.78 is 1.69. The largest absolute Gasteiger partial charge is 0.296 e. The van der Waals surface area contributed by atoms with Crippen LogP contribution in [0, 0.1) is 6.92 Å². The molecule has 0 spiro atoms. The normalized spacial score (nSPS) is 14.3. The van der Waals surface area contributed by atoms with Crippen molar-refractivity contribution in [1.82, 2.24) is 14.5 Å². The number of aromatic nitrogens is 3. The second kappa shape index (κ2) is 5.81. The molecular formula is C19H21N3OS. The first-order valence-electron chi connectivity index (χ1n) is 8.55. The van der Waals surface area contributed by atoms with Gasteiger partial charge in [0.05, 0.1) is 22.9 Å². The molecule has 0 unspecified atom stereocenters. The van der Waals surface area contributed by atoms with Crippen LogP contribution in [0.5, 0.6) is 0 Å². The third kappa shape index (κ3) is 2.47. The molecule has 0 aliphatic heterocycles. The highest BCUT2D eigenvalue weighted by atomic mass is 32.1. The molecule has 3 aromatic rings. The van der Waals surface area contributed by atoms with Gasteiger partial charge in [-0.3, -0.25) is 9.36 Å². The summed E-state index contributed by atoms with van der Waals surface area (Å²) in [6, 6.07) is 4.16. The van der Waals surface area contributed by atoms with Crippen LogP contribution >= 0.6 is 11.3 Å². The molecular weight excluding hydrogens is 318 g/mol. The maximum atomic E-state index is 12.8. The highest BCUT2D eigenvalue weighted by Gasteiger charge is 2.19. The van der Waals surface area contributed by atoms with E-state index in [1.165, 1.54) is 23.4 Å². The first kappa shape index (κ1) is 15.5. The molecule has 1 aromatic carbocycles. The Bertz CT molecular complexity index is 961. The van der Waals surface area contributed by atoms with Crippen molar-refractivity contribution >= 4 is 22.2 Å². The molecule has 124 valence electrons. The summed E-state index contributed by atoms with van der Waals surface area (Å²) in [7, 11) is 0. The lowest BCUT2D eigenvalue weighted by Crippen LogP contribution is -2.22. The Hall–Kier alpha value is -2.01. The van der Waals surface area contributed by atoms with E-state index < -0.39 is 0 Å². The fraction of sp³-hybridized carbons (Fsp3) is 0.421. The van der Waals surface area contributed by atoms with Crippen LogP contribution in [0.1, 0.15) is 48.9 Å². The van der Waals surface area contributed by atoms with Crippen molar-refractivity contribution in [3.63, 3.8) is 0 Å². The van der Waals surface area contributed by atoms with Crippen LogP contribution in [0.15, 0.2) is 23.3 Å². The minimum atomic E-state index is 0.0290. The number of benzene rings is 1. The van der Waals surface area contributed by atoms with Gasteiger partial charge >= 0.3 is 0 Å². The highest BCUT2D eigenvalue weighted by Crippen LogP contribution is 2.35. The van der Waals surface area contributed by atoms with Crippen LogP contribution in [0.25, 0.3) is 21.5 Å². The molecule has 4 nitrogen and oxygen atoms in total. The van der Waals surface area contributed by atoms with Crippen molar-refractivity contribution in [2.24, 2.45) is 0 Å². The van der Waals surface area contributed by atoms with Crippen molar-refractivity contribution < 1.29 is 0 Å². The fourth-order valence-electron chi connectivity index (χ4n) is 3.39. The van der Waals surface area contributed by atoms with Crippen molar-refractivity contribution in [1.29, 1.82) is 0 Å². The molecule has 0 saturated heterocycles. The summed E-state index contributed by atoms with van der Waals surface area (Å²) in [6.45, 7) is 6.03. The average molecular weight is 339 g/mol. The standard InChI is InChI=1S/C19H21N3OS/c1-11(2)22-10-20-17-13(8-12(3)9-14(17)19(22)23)18-21-15-6-4-5-7-16(15)24-18/h8-11H,4-7H2,1-3H3. The van der Waals surface area contributed by atoms with Crippen molar-refractivity contribution in [2.75, 3.05) is 0 Å². The molecule has 0 atom stereocenters. The van der Waals surface area contributed by atoms with Gasteiger partial charge in [0.2, 0.25) is 0 Å². The Morgan fingerprint density at radius 1 is 1.21 bits per heavy atom. The van der Waals surface area contributed by atoms with Gasteiger partial charge in [-0.2, -0.15) is 0 Å². The summed E-state index contributed by atoms with van der Waals surface area (Å²) >= 11 is 1.77. The smallest absolute Gasteiger partial charge is 0.261 e. The molecule has 0 amide bonds. The first-order valence-corrected chi connectivity index (χ1v) is 9.36. The van der Waals surface area contributed by atoms with E-state index in [9.17, 15) is 4.79 Å². The van der Waals surface area contributed by atoms with Crippen LogP contribution in [-0.4, -0.2) is 14.5 Å². The molecule has 2 heterocycles. The zero-order valence-electron chi connectivity index (χ0n) is 14.3. The van der Waals surface area contributed by atoms with Gasteiger partial charge in [0.15, 0.2) is 0 Å². The summed E-state index contributed by atoms with van der Waals surface area (Å²) in [6.07, 6.45) is 6.35. The highest BCUT2D eigenvalue weighted by molar-refractivity contribution is 7.15. The van der Waals surface area contributed by atoms with Crippen LogP contribution < -0.4 is 5.56 Å². The summed E-state index contributed by atoms with van der Waals surface area (Å²) in [4.78, 5) is 23.7. The van der Waals surface area contributed by atoms with Crippen molar-refractivity contribution in [3.05, 3.63) is 44.9 Å². The predicted molar refractivity (Wildman–Crippen MR) is 98.9 cm³/mol. The zero-order chi connectivity index (χ0) is 16.8. The third-order valence-electron chi connectivity index (χ3n) is 4.66. The Morgan fingerprint density at radius 2 is 2.00 bits per heavy atom. The van der Waals surface area contributed by atoms with Crippen LogP contribution in [-0.2, 0) is 12.8 Å². The molecule has 4 rings (SSSR count). The van der Waals surface area contributed by atoms with E-state index in [0.717, 1.165) is 34.5 Å².